The molecule has 94 valence electrons. The molecule has 0 aliphatic rings. The number of rotatable bonds is 6. The third kappa shape index (κ3) is 4.49. The van der Waals surface area contributed by atoms with Crippen molar-refractivity contribution in [3.63, 3.8) is 0 Å². The monoisotopic (exact) mass is 240 g/mol. The van der Waals surface area contributed by atoms with Crippen LogP contribution in [0.15, 0.2) is 35.4 Å². The van der Waals surface area contributed by atoms with Crippen LogP contribution in [0.3, 0.4) is 0 Å². The van der Waals surface area contributed by atoms with E-state index in [9.17, 15) is 10.2 Å². The average Bonchev–Trinajstić information content (AvgIpc) is 2.38. The quantitative estimate of drug-likeness (QED) is 0.329. The zero-order valence-electron chi connectivity index (χ0n) is 9.14. The van der Waals surface area contributed by atoms with Crippen LogP contribution in [-0.4, -0.2) is 51.6 Å². The summed E-state index contributed by atoms with van der Waals surface area (Å²) in [5, 5.41) is 40.0. The van der Waals surface area contributed by atoms with Crippen molar-refractivity contribution >= 4 is 11.9 Å². The highest BCUT2D eigenvalue weighted by molar-refractivity contribution is 5.65. The lowest BCUT2D eigenvalue weighted by molar-refractivity contribution is -0.0541. The Morgan fingerprint density at radius 2 is 1.82 bits per heavy atom. The maximum Gasteiger partial charge on any atom is 0.119 e. The van der Waals surface area contributed by atoms with Gasteiger partial charge in [-0.2, -0.15) is 5.10 Å². The first-order valence-electron chi connectivity index (χ1n) is 5.14. The highest BCUT2D eigenvalue weighted by Gasteiger charge is 2.22. The third-order valence-electron chi connectivity index (χ3n) is 2.13. The number of anilines is 1. The summed E-state index contributed by atoms with van der Waals surface area (Å²) in [6, 6.07) is 9.05. The van der Waals surface area contributed by atoms with E-state index < -0.39 is 24.9 Å². The molecular formula is C11H16N2O4. The Labute approximate surface area is 98.8 Å². The fraction of sp³-hybridized carbons (Fsp3) is 0.364. The van der Waals surface area contributed by atoms with Gasteiger partial charge in [-0.3, -0.25) is 5.43 Å². The standard InChI is InChI=1S/C11H16N2O4/c14-7-10(16)11(17)9(15)6-12-13-8-4-2-1-3-5-8/h1-6,9-11,13-17H,7H2/b12-6+/t9-,10+,11-/m0/s1. The van der Waals surface area contributed by atoms with Gasteiger partial charge >= 0.3 is 0 Å². The Morgan fingerprint density at radius 1 is 1.18 bits per heavy atom. The van der Waals surface area contributed by atoms with Crippen LogP contribution >= 0.6 is 0 Å². The van der Waals surface area contributed by atoms with Crippen LogP contribution in [-0.2, 0) is 0 Å². The van der Waals surface area contributed by atoms with E-state index in [1.54, 1.807) is 12.1 Å². The van der Waals surface area contributed by atoms with Crippen molar-refractivity contribution in [2.45, 2.75) is 18.3 Å². The van der Waals surface area contributed by atoms with Gasteiger partial charge in [-0.15, -0.1) is 0 Å². The van der Waals surface area contributed by atoms with Gasteiger partial charge in [0.2, 0.25) is 0 Å². The zero-order valence-corrected chi connectivity index (χ0v) is 9.14. The fourth-order valence-corrected chi connectivity index (χ4v) is 1.12. The summed E-state index contributed by atoms with van der Waals surface area (Å²) in [5.74, 6) is 0. The van der Waals surface area contributed by atoms with Gasteiger partial charge in [0.25, 0.3) is 0 Å². The van der Waals surface area contributed by atoms with Gasteiger partial charge in [0.05, 0.1) is 18.5 Å². The Bertz CT molecular complexity index is 345. The van der Waals surface area contributed by atoms with Crippen molar-refractivity contribution in [1.29, 1.82) is 0 Å². The van der Waals surface area contributed by atoms with E-state index in [2.05, 4.69) is 10.5 Å². The van der Waals surface area contributed by atoms with Crippen LogP contribution in [0, 0.1) is 0 Å². The molecule has 0 aliphatic heterocycles. The van der Waals surface area contributed by atoms with Crippen molar-refractivity contribution in [2.24, 2.45) is 5.10 Å². The van der Waals surface area contributed by atoms with Crippen LogP contribution in [0.2, 0.25) is 0 Å². The number of hydrazone groups is 1. The molecule has 0 fully saturated rings. The number of hydrogen-bond acceptors (Lipinski definition) is 6. The van der Waals surface area contributed by atoms with Crippen molar-refractivity contribution in [2.75, 3.05) is 12.0 Å². The molecule has 0 heterocycles. The molecule has 0 aromatic heterocycles. The van der Waals surface area contributed by atoms with Gasteiger partial charge < -0.3 is 20.4 Å². The highest BCUT2D eigenvalue weighted by atomic mass is 16.4. The molecule has 3 atom stereocenters. The van der Waals surface area contributed by atoms with Gasteiger partial charge in [-0.25, -0.2) is 0 Å². The Hall–Kier alpha value is -1.47. The van der Waals surface area contributed by atoms with Crippen LogP contribution in [0.1, 0.15) is 0 Å². The normalized spacial score (nSPS) is 16.7. The maximum absolute atomic E-state index is 9.39. The first-order valence-corrected chi connectivity index (χ1v) is 5.14. The molecule has 6 heteroatoms. The summed E-state index contributed by atoms with van der Waals surface area (Å²) in [7, 11) is 0. The predicted octanol–water partition coefficient (Wildman–Crippen LogP) is -0.841. The van der Waals surface area contributed by atoms with Gasteiger partial charge in [0.15, 0.2) is 0 Å². The van der Waals surface area contributed by atoms with Crippen LogP contribution < -0.4 is 5.43 Å². The van der Waals surface area contributed by atoms with Gasteiger partial charge in [-0.05, 0) is 12.1 Å². The number of para-hydroxylation sites is 1. The molecule has 0 amide bonds. The molecule has 0 saturated carbocycles. The zero-order chi connectivity index (χ0) is 12.7. The topological polar surface area (TPSA) is 105 Å². The summed E-state index contributed by atoms with van der Waals surface area (Å²) in [6.45, 7) is -0.627. The van der Waals surface area contributed by atoms with E-state index in [1.165, 1.54) is 0 Å². The minimum Gasteiger partial charge on any atom is -0.394 e. The number of benzene rings is 1. The van der Waals surface area contributed by atoms with E-state index in [0.29, 0.717) is 0 Å². The van der Waals surface area contributed by atoms with E-state index in [4.69, 9.17) is 10.2 Å². The first kappa shape index (κ1) is 13.6. The summed E-state index contributed by atoms with van der Waals surface area (Å²) in [4.78, 5) is 0. The number of aliphatic hydroxyl groups excluding tert-OH is 4. The van der Waals surface area contributed by atoms with Gasteiger partial charge in [0.1, 0.15) is 18.3 Å². The lowest BCUT2D eigenvalue weighted by atomic mass is 10.1. The summed E-state index contributed by atoms with van der Waals surface area (Å²) < 4.78 is 0. The minimum absolute atomic E-state index is 0.627. The van der Waals surface area contributed by atoms with Crippen LogP contribution in [0.4, 0.5) is 5.69 Å². The maximum atomic E-state index is 9.39. The molecule has 1 aromatic carbocycles. The lowest BCUT2D eigenvalue weighted by Crippen LogP contribution is -2.40. The number of aliphatic hydroxyl groups is 4. The van der Waals surface area contributed by atoms with E-state index in [0.717, 1.165) is 11.9 Å². The molecule has 0 aliphatic carbocycles. The van der Waals surface area contributed by atoms with Crippen molar-refractivity contribution in [1.82, 2.24) is 0 Å². The fourth-order valence-electron chi connectivity index (χ4n) is 1.12. The van der Waals surface area contributed by atoms with Crippen molar-refractivity contribution < 1.29 is 20.4 Å². The molecule has 17 heavy (non-hydrogen) atoms. The van der Waals surface area contributed by atoms with E-state index in [1.807, 2.05) is 18.2 Å². The van der Waals surface area contributed by atoms with Crippen molar-refractivity contribution in [3.8, 4) is 0 Å². The Morgan fingerprint density at radius 3 is 2.41 bits per heavy atom. The molecule has 0 unspecified atom stereocenters. The number of hydrogen-bond donors (Lipinski definition) is 5. The lowest BCUT2D eigenvalue weighted by Gasteiger charge is -2.18. The largest absolute Gasteiger partial charge is 0.394 e. The second-order valence-corrected chi connectivity index (χ2v) is 3.49. The number of nitrogens with one attached hydrogen (secondary N) is 1. The van der Waals surface area contributed by atoms with Crippen molar-refractivity contribution in [3.05, 3.63) is 30.3 Å². The van der Waals surface area contributed by atoms with Crippen LogP contribution in [0.5, 0.6) is 0 Å². The predicted molar refractivity (Wildman–Crippen MR) is 63.7 cm³/mol. The third-order valence-corrected chi connectivity index (χ3v) is 2.13. The summed E-state index contributed by atoms with van der Waals surface area (Å²) in [5.41, 5.74) is 3.37. The molecule has 5 N–H and O–H groups in total. The van der Waals surface area contributed by atoms with Gasteiger partial charge in [-0.1, -0.05) is 18.2 Å². The molecule has 1 rings (SSSR count). The molecule has 0 radical (unpaired) electrons. The van der Waals surface area contributed by atoms with Gasteiger partial charge in [0, 0.05) is 0 Å². The second-order valence-electron chi connectivity index (χ2n) is 3.49. The first-order chi connectivity index (χ1) is 8.15. The summed E-state index contributed by atoms with van der Waals surface area (Å²) >= 11 is 0. The molecule has 1 aromatic rings. The second kappa shape index (κ2) is 6.97. The molecule has 0 saturated heterocycles. The van der Waals surface area contributed by atoms with E-state index >= 15 is 0 Å². The van der Waals surface area contributed by atoms with E-state index in [-0.39, 0.29) is 0 Å². The average molecular weight is 240 g/mol. The van der Waals surface area contributed by atoms with Crippen LogP contribution in [0.25, 0.3) is 0 Å². The SMILES string of the molecule is OC[C@@H](O)[C@@H](O)[C@@H](O)/C=N/Nc1ccccc1. The smallest absolute Gasteiger partial charge is 0.119 e. The molecular weight excluding hydrogens is 224 g/mol. The minimum atomic E-state index is -1.47. The Kier molecular flexibility index (Phi) is 5.58. The summed E-state index contributed by atoms with van der Waals surface area (Å²) in [6.07, 6.45) is -3.17. The molecule has 6 nitrogen and oxygen atoms in total. The Balaban J connectivity index is 2.43. The number of nitrogens with zero attached hydrogens (tertiary/aromatic N) is 1. The molecule has 0 bridgehead atoms. The highest BCUT2D eigenvalue weighted by Crippen LogP contribution is 2.04. The molecule has 0 spiro atoms.